The van der Waals surface area contributed by atoms with Gasteiger partial charge in [-0.1, -0.05) is 19.9 Å². The van der Waals surface area contributed by atoms with Crippen molar-refractivity contribution in [1.82, 2.24) is 10.2 Å². The number of imide groups is 1. The maximum absolute atomic E-state index is 14.6. The number of rotatable bonds is 2. The van der Waals surface area contributed by atoms with Crippen molar-refractivity contribution >= 4 is 17.7 Å². The van der Waals surface area contributed by atoms with Crippen molar-refractivity contribution in [3.05, 3.63) is 34.6 Å². The van der Waals surface area contributed by atoms with E-state index in [0.29, 0.717) is 16.7 Å². The molecule has 22 heavy (non-hydrogen) atoms. The molecule has 1 aromatic carbocycles. The van der Waals surface area contributed by atoms with Crippen LogP contribution in [-0.2, 0) is 16.1 Å². The van der Waals surface area contributed by atoms with E-state index in [2.05, 4.69) is 5.32 Å². The molecule has 3 rings (SSSR count). The summed E-state index contributed by atoms with van der Waals surface area (Å²) < 4.78 is 14.6. The van der Waals surface area contributed by atoms with Crippen LogP contribution in [0.15, 0.2) is 12.1 Å². The van der Waals surface area contributed by atoms with Gasteiger partial charge in [-0.3, -0.25) is 19.7 Å². The lowest BCUT2D eigenvalue weighted by Gasteiger charge is -2.29. The van der Waals surface area contributed by atoms with E-state index in [1.807, 2.05) is 13.8 Å². The zero-order chi connectivity index (χ0) is 16.0. The smallest absolute Gasteiger partial charge is 0.255 e. The van der Waals surface area contributed by atoms with Crippen LogP contribution in [0.3, 0.4) is 0 Å². The topological polar surface area (TPSA) is 66.5 Å². The SMILES string of the molecule is CC(C)c1ccc2c(c1F)CN(C1CCC(=O)NC1=O)C2=O. The van der Waals surface area contributed by atoms with Crippen LogP contribution in [-0.4, -0.2) is 28.7 Å². The van der Waals surface area contributed by atoms with E-state index in [1.165, 1.54) is 4.90 Å². The second-order valence-electron chi connectivity index (χ2n) is 6.05. The molecule has 1 atom stereocenters. The normalized spacial score (nSPS) is 21.4. The van der Waals surface area contributed by atoms with Crippen LogP contribution < -0.4 is 5.32 Å². The lowest BCUT2D eigenvalue weighted by atomic mass is 9.97. The third-order valence-electron chi connectivity index (χ3n) is 4.30. The number of amides is 3. The number of carbonyl (C=O) groups excluding carboxylic acids is 3. The fourth-order valence-electron chi connectivity index (χ4n) is 3.07. The summed E-state index contributed by atoms with van der Waals surface area (Å²) in [4.78, 5) is 37.0. The van der Waals surface area contributed by atoms with Gasteiger partial charge in [0.2, 0.25) is 11.8 Å². The summed E-state index contributed by atoms with van der Waals surface area (Å²) >= 11 is 0. The van der Waals surface area contributed by atoms with E-state index < -0.39 is 11.9 Å². The van der Waals surface area contributed by atoms with Crippen molar-refractivity contribution in [3.63, 3.8) is 0 Å². The highest BCUT2D eigenvalue weighted by Crippen LogP contribution is 2.32. The molecule has 0 spiro atoms. The molecule has 3 amide bonds. The number of hydrogen-bond donors (Lipinski definition) is 1. The zero-order valence-electron chi connectivity index (χ0n) is 12.5. The van der Waals surface area contributed by atoms with Crippen LogP contribution in [0.4, 0.5) is 4.39 Å². The zero-order valence-corrected chi connectivity index (χ0v) is 12.5. The van der Waals surface area contributed by atoms with Gasteiger partial charge in [-0.05, 0) is 24.0 Å². The molecule has 0 aromatic heterocycles. The van der Waals surface area contributed by atoms with Gasteiger partial charge < -0.3 is 4.90 Å². The quantitative estimate of drug-likeness (QED) is 0.846. The molecule has 0 radical (unpaired) electrons. The molecule has 1 fully saturated rings. The Morgan fingerprint density at radius 3 is 2.64 bits per heavy atom. The van der Waals surface area contributed by atoms with Crippen molar-refractivity contribution in [2.75, 3.05) is 0 Å². The highest BCUT2D eigenvalue weighted by Gasteiger charge is 2.40. The Hall–Kier alpha value is -2.24. The second kappa shape index (κ2) is 5.19. The summed E-state index contributed by atoms with van der Waals surface area (Å²) in [6, 6.07) is 2.55. The van der Waals surface area contributed by atoms with Crippen molar-refractivity contribution in [3.8, 4) is 0 Å². The third-order valence-corrected chi connectivity index (χ3v) is 4.30. The Balaban J connectivity index is 1.93. The van der Waals surface area contributed by atoms with E-state index >= 15 is 0 Å². The van der Waals surface area contributed by atoms with E-state index in [9.17, 15) is 18.8 Å². The van der Waals surface area contributed by atoms with Crippen molar-refractivity contribution in [2.45, 2.75) is 45.2 Å². The summed E-state index contributed by atoms with van der Waals surface area (Å²) in [6.45, 7) is 3.85. The first-order valence-corrected chi connectivity index (χ1v) is 7.36. The number of nitrogens with zero attached hydrogens (tertiary/aromatic N) is 1. The summed E-state index contributed by atoms with van der Waals surface area (Å²) in [7, 11) is 0. The Kier molecular flexibility index (Phi) is 3.47. The molecule has 1 aromatic rings. The molecule has 1 saturated heterocycles. The van der Waals surface area contributed by atoms with Crippen LogP contribution in [0.2, 0.25) is 0 Å². The maximum Gasteiger partial charge on any atom is 0.255 e. The molecule has 2 aliphatic rings. The van der Waals surface area contributed by atoms with E-state index in [4.69, 9.17) is 0 Å². The predicted octanol–water partition coefficient (Wildman–Crippen LogP) is 1.71. The van der Waals surface area contributed by atoms with Crippen molar-refractivity contribution in [1.29, 1.82) is 0 Å². The number of nitrogens with one attached hydrogen (secondary N) is 1. The molecule has 2 aliphatic heterocycles. The summed E-state index contributed by atoms with van der Waals surface area (Å²) in [5.74, 6) is -1.51. The van der Waals surface area contributed by atoms with E-state index in [0.717, 1.165) is 0 Å². The molecule has 2 heterocycles. The molecule has 1 unspecified atom stereocenters. The van der Waals surface area contributed by atoms with Gasteiger partial charge in [0.05, 0.1) is 6.54 Å². The van der Waals surface area contributed by atoms with Gasteiger partial charge in [-0.15, -0.1) is 0 Å². The minimum Gasteiger partial charge on any atom is -0.322 e. The fourth-order valence-corrected chi connectivity index (χ4v) is 3.07. The molecule has 0 bridgehead atoms. The standard InChI is InChI=1S/C16H17FN2O3/c1-8(2)9-3-4-10-11(14(9)17)7-19(16(10)22)12-5-6-13(20)18-15(12)21/h3-4,8,12H,5-7H2,1-2H3,(H,18,20,21). The van der Waals surface area contributed by atoms with Gasteiger partial charge in [-0.25, -0.2) is 4.39 Å². The highest BCUT2D eigenvalue weighted by molar-refractivity contribution is 6.05. The van der Waals surface area contributed by atoms with Crippen molar-refractivity contribution < 1.29 is 18.8 Å². The molecule has 5 nitrogen and oxygen atoms in total. The summed E-state index contributed by atoms with van der Waals surface area (Å²) in [5.41, 5.74) is 1.23. The Labute approximate surface area is 127 Å². The van der Waals surface area contributed by atoms with E-state index in [1.54, 1.807) is 12.1 Å². The molecule has 6 heteroatoms. The van der Waals surface area contributed by atoms with E-state index in [-0.39, 0.29) is 42.9 Å². The number of hydrogen-bond acceptors (Lipinski definition) is 3. The van der Waals surface area contributed by atoms with Gasteiger partial charge in [0.15, 0.2) is 0 Å². The number of halogens is 1. The van der Waals surface area contributed by atoms with Crippen LogP contribution in [0.1, 0.15) is 54.1 Å². The number of fused-ring (bicyclic) bond motifs is 1. The average Bonchev–Trinajstić information content (AvgIpc) is 2.77. The largest absolute Gasteiger partial charge is 0.322 e. The Morgan fingerprint density at radius 1 is 1.27 bits per heavy atom. The number of benzene rings is 1. The van der Waals surface area contributed by atoms with Gasteiger partial charge in [0, 0.05) is 17.5 Å². The molecule has 0 saturated carbocycles. The Morgan fingerprint density at radius 2 is 2.00 bits per heavy atom. The summed E-state index contributed by atoms with van der Waals surface area (Å²) in [6.07, 6.45) is 0.472. The second-order valence-corrected chi connectivity index (χ2v) is 6.05. The van der Waals surface area contributed by atoms with Gasteiger partial charge >= 0.3 is 0 Å². The maximum atomic E-state index is 14.6. The Bertz CT molecular complexity index is 684. The first-order valence-electron chi connectivity index (χ1n) is 7.36. The molecular formula is C16H17FN2O3. The molecule has 116 valence electrons. The lowest BCUT2D eigenvalue weighted by molar-refractivity contribution is -0.136. The van der Waals surface area contributed by atoms with Gasteiger partial charge in [-0.2, -0.15) is 0 Å². The summed E-state index contributed by atoms with van der Waals surface area (Å²) in [5, 5.41) is 2.23. The monoisotopic (exact) mass is 304 g/mol. The first-order chi connectivity index (χ1) is 10.4. The average molecular weight is 304 g/mol. The highest BCUT2D eigenvalue weighted by atomic mass is 19.1. The number of carbonyl (C=O) groups is 3. The minimum absolute atomic E-state index is 0.0186. The van der Waals surface area contributed by atoms with Crippen LogP contribution in [0.5, 0.6) is 0 Å². The van der Waals surface area contributed by atoms with Gasteiger partial charge in [0.25, 0.3) is 5.91 Å². The molecule has 0 aliphatic carbocycles. The lowest BCUT2D eigenvalue weighted by Crippen LogP contribution is -2.52. The van der Waals surface area contributed by atoms with Crippen LogP contribution >= 0.6 is 0 Å². The fraction of sp³-hybridized carbons (Fsp3) is 0.438. The molecule has 1 N–H and O–H groups in total. The molecular weight excluding hydrogens is 287 g/mol. The third kappa shape index (κ3) is 2.19. The minimum atomic E-state index is -0.709. The predicted molar refractivity (Wildman–Crippen MR) is 76.5 cm³/mol. The van der Waals surface area contributed by atoms with Crippen molar-refractivity contribution in [2.24, 2.45) is 0 Å². The van der Waals surface area contributed by atoms with Crippen LogP contribution in [0, 0.1) is 5.82 Å². The first kappa shape index (κ1) is 14.7. The van der Waals surface area contributed by atoms with Crippen LogP contribution in [0.25, 0.3) is 0 Å². The van der Waals surface area contributed by atoms with Gasteiger partial charge in [0.1, 0.15) is 11.9 Å². The number of piperidine rings is 1.